The van der Waals surface area contributed by atoms with Crippen molar-refractivity contribution in [2.45, 2.75) is 118 Å². The second-order valence-corrected chi connectivity index (χ2v) is 16.3. The Kier molecular flexibility index (Phi) is 6.59. The molecule has 3 heteroatoms. The Morgan fingerprint density at radius 3 is 2.41 bits per heavy atom. The average Bonchev–Trinajstić information content (AvgIpc) is 2.51. The summed E-state index contributed by atoms with van der Waals surface area (Å²) in [5.41, 5.74) is 1.34. The second-order valence-electron chi connectivity index (χ2n) is 11.5. The molecule has 2 aliphatic carbocycles. The van der Waals surface area contributed by atoms with Crippen LogP contribution in [0.2, 0.25) is 18.1 Å². The molecule has 0 spiro atoms. The first kappa shape index (κ1) is 22.9. The maximum atomic E-state index is 12.9. The fourth-order valence-corrected chi connectivity index (χ4v) is 6.81. The minimum Gasteiger partial charge on any atom is -0.413 e. The smallest absolute Gasteiger partial charge is 0.192 e. The summed E-state index contributed by atoms with van der Waals surface area (Å²) in [5, 5.41) is 0.219. The topological polar surface area (TPSA) is 26.3 Å². The summed E-state index contributed by atoms with van der Waals surface area (Å²) in [7, 11) is -1.84. The lowest BCUT2D eigenvalue weighted by Crippen LogP contribution is -2.59. The van der Waals surface area contributed by atoms with Gasteiger partial charge in [-0.25, -0.2) is 0 Å². The van der Waals surface area contributed by atoms with E-state index in [9.17, 15) is 4.79 Å². The van der Waals surface area contributed by atoms with Crippen LogP contribution < -0.4 is 0 Å². The predicted octanol–water partition coefficient (Wildman–Crippen LogP) is 7.30. The van der Waals surface area contributed by atoms with Crippen molar-refractivity contribution in [3.63, 3.8) is 0 Å². The van der Waals surface area contributed by atoms with Crippen molar-refractivity contribution in [1.29, 1.82) is 0 Å². The van der Waals surface area contributed by atoms with Gasteiger partial charge in [0.15, 0.2) is 8.32 Å². The molecular weight excluding hydrogens is 348 g/mol. The Bertz CT molecular complexity index is 582. The lowest BCUT2D eigenvalue weighted by Gasteiger charge is -2.59. The number of Topliss-reactive ketones (excluding diaryl/α,β-unsaturated/α-hetero) is 1. The highest BCUT2D eigenvalue weighted by molar-refractivity contribution is 6.74. The summed E-state index contributed by atoms with van der Waals surface area (Å²) in [6.45, 7) is 20.8. The van der Waals surface area contributed by atoms with Crippen molar-refractivity contribution in [2.24, 2.45) is 16.7 Å². The van der Waals surface area contributed by atoms with Gasteiger partial charge in [-0.15, -0.1) is 0 Å². The molecular formula is C24H44O2Si. The van der Waals surface area contributed by atoms with Crippen molar-refractivity contribution in [1.82, 2.24) is 0 Å². The first-order valence-electron chi connectivity index (χ1n) is 11.1. The third-order valence-electron chi connectivity index (χ3n) is 8.24. The molecule has 0 unspecified atom stereocenters. The van der Waals surface area contributed by atoms with Gasteiger partial charge in [0.05, 0.1) is 6.10 Å². The summed E-state index contributed by atoms with van der Waals surface area (Å²) < 4.78 is 7.05. The van der Waals surface area contributed by atoms with Crippen molar-refractivity contribution in [3.8, 4) is 0 Å². The van der Waals surface area contributed by atoms with Crippen LogP contribution in [0, 0.1) is 16.7 Å². The molecule has 27 heavy (non-hydrogen) atoms. The van der Waals surface area contributed by atoms with E-state index in [4.69, 9.17) is 4.43 Å². The van der Waals surface area contributed by atoms with Crippen LogP contribution in [0.3, 0.4) is 0 Å². The zero-order valence-corrected chi connectivity index (χ0v) is 20.5. The van der Waals surface area contributed by atoms with Gasteiger partial charge in [-0.2, -0.15) is 0 Å². The first-order chi connectivity index (χ1) is 12.2. The molecule has 0 aromatic rings. The van der Waals surface area contributed by atoms with Crippen molar-refractivity contribution in [2.75, 3.05) is 0 Å². The summed E-state index contributed by atoms with van der Waals surface area (Å²) in [6, 6.07) is 0. The molecule has 0 aromatic heterocycles. The van der Waals surface area contributed by atoms with Crippen LogP contribution in [0.5, 0.6) is 0 Å². The molecule has 0 amide bonds. The fourth-order valence-electron chi connectivity index (χ4n) is 5.35. The number of ketones is 1. The zero-order chi connectivity index (χ0) is 20.7. The summed E-state index contributed by atoms with van der Waals surface area (Å²) in [6.07, 6.45) is 9.95. The highest BCUT2D eigenvalue weighted by Gasteiger charge is 2.58. The molecule has 0 aliphatic heterocycles. The fraction of sp³-hybridized carbons (Fsp3) is 0.875. The predicted molar refractivity (Wildman–Crippen MR) is 119 cm³/mol. The zero-order valence-electron chi connectivity index (χ0n) is 19.5. The van der Waals surface area contributed by atoms with E-state index in [1.165, 1.54) is 12.0 Å². The molecule has 4 atom stereocenters. The highest BCUT2D eigenvalue weighted by atomic mass is 28.4. The second kappa shape index (κ2) is 7.78. The van der Waals surface area contributed by atoms with Gasteiger partial charge in [-0.05, 0) is 81.8 Å². The van der Waals surface area contributed by atoms with Gasteiger partial charge in [0.2, 0.25) is 0 Å². The third-order valence-corrected chi connectivity index (χ3v) is 12.7. The summed E-state index contributed by atoms with van der Waals surface area (Å²) >= 11 is 0. The van der Waals surface area contributed by atoms with Crippen LogP contribution in [0.25, 0.3) is 0 Å². The molecule has 2 rings (SSSR count). The van der Waals surface area contributed by atoms with Crippen LogP contribution >= 0.6 is 0 Å². The number of hydrogen-bond acceptors (Lipinski definition) is 2. The number of carbonyl (C=O) groups is 1. The van der Waals surface area contributed by atoms with Crippen molar-refractivity contribution >= 4 is 14.1 Å². The molecule has 2 aliphatic rings. The van der Waals surface area contributed by atoms with E-state index >= 15 is 0 Å². The highest BCUT2D eigenvalue weighted by Crippen LogP contribution is 2.59. The monoisotopic (exact) mass is 392 g/mol. The molecule has 0 radical (unpaired) electrons. The standard InChI is InChI=1S/C24H44O2Si/c1-18(2)12-11-16-24(7)19-13-10-14-20(25)23(19,6)17-15-21(24)26-27(8,9)22(3,4)5/h12,19,21H,10-11,13-17H2,1-9H3/t19-,21+,23+,24+/m1/s1. The maximum absolute atomic E-state index is 12.9. The van der Waals surface area contributed by atoms with Gasteiger partial charge in [0, 0.05) is 11.8 Å². The largest absolute Gasteiger partial charge is 0.413 e. The molecule has 0 N–H and O–H groups in total. The third kappa shape index (κ3) is 4.45. The van der Waals surface area contributed by atoms with Crippen LogP contribution in [0.15, 0.2) is 11.6 Å². The molecule has 2 saturated carbocycles. The number of carbonyl (C=O) groups excluding carboxylic acids is 1. The van der Waals surface area contributed by atoms with E-state index < -0.39 is 8.32 Å². The van der Waals surface area contributed by atoms with Crippen molar-refractivity contribution < 1.29 is 9.22 Å². The van der Waals surface area contributed by atoms with Gasteiger partial charge in [0.25, 0.3) is 0 Å². The normalized spacial score (nSPS) is 34.9. The molecule has 0 saturated heterocycles. The van der Waals surface area contributed by atoms with E-state index in [-0.39, 0.29) is 22.0 Å². The molecule has 0 aromatic carbocycles. The maximum Gasteiger partial charge on any atom is 0.192 e. The summed E-state index contributed by atoms with van der Waals surface area (Å²) in [5.74, 6) is 0.971. The van der Waals surface area contributed by atoms with Gasteiger partial charge in [-0.1, -0.05) is 46.3 Å². The molecule has 2 nitrogen and oxygen atoms in total. The van der Waals surface area contributed by atoms with Gasteiger partial charge in [-0.3, -0.25) is 4.79 Å². The van der Waals surface area contributed by atoms with Crippen LogP contribution in [-0.2, 0) is 9.22 Å². The van der Waals surface area contributed by atoms with E-state index in [0.29, 0.717) is 11.7 Å². The molecule has 156 valence electrons. The van der Waals surface area contributed by atoms with Gasteiger partial charge < -0.3 is 4.43 Å². The molecule has 0 bridgehead atoms. The van der Waals surface area contributed by atoms with E-state index in [0.717, 1.165) is 38.5 Å². The Labute approximate surface area is 169 Å². The Morgan fingerprint density at radius 2 is 1.85 bits per heavy atom. The Morgan fingerprint density at radius 1 is 1.22 bits per heavy atom. The SMILES string of the molecule is CC(C)=CCC[C@]1(C)[C@@H](O[Si](C)(C)C(C)(C)C)CC[C@]2(C)C(=O)CCC[C@@H]12. The molecule has 0 heterocycles. The van der Waals surface area contributed by atoms with E-state index in [1.54, 1.807) is 0 Å². The first-order valence-corrected chi connectivity index (χ1v) is 14.0. The van der Waals surface area contributed by atoms with E-state index in [2.05, 4.69) is 67.6 Å². The minimum absolute atomic E-state index is 0.0878. The van der Waals surface area contributed by atoms with Crippen LogP contribution in [0.1, 0.15) is 93.4 Å². The number of fused-ring (bicyclic) bond motifs is 1. The lowest BCUT2D eigenvalue weighted by atomic mass is 9.49. The molecule has 2 fully saturated rings. The quantitative estimate of drug-likeness (QED) is 0.362. The van der Waals surface area contributed by atoms with E-state index in [1.807, 2.05) is 0 Å². The van der Waals surface area contributed by atoms with Gasteiger partial charge >= 0.3 is 0 Å². The van der Waals surface area contributed by atoms with Crippen LogP contribution in [0.4, 0.5) is 0 Å². The average molecular weight is 393 g/mol. The van der Waals surface area contributed by atoms with Gasteiger partial charge in [0.1, 0.15) is 5.78 Å². The lowest BCUT2D eigenvalue weighted by molar-refractivity contribution is -0.156. The Hall–Kier alpha value is -0.413. The number of hydrogen-bond donors (Lipinski definition) is 0. The minimum atomic E-state index is -1.84. The number of allylic oxidation sites excluding steroid dienone is 2. The van der Waals surface area contributed by atoms with Crippen molar-refractivity contribution in [3.05, 3.63) is 11.6 Å². The summed E-state index contributed by atoms with van der Waals surface area (Å²) in [4.78, 5) is 12.9. The van der Waals surface area contributed by atoms with Crippen LogP contribution in [-0.4, -0.2) is 20.2 Å². The number of rotatable bonds is 5. The Balaban J connectivity index is 2.37.